The number of ether oxygens (including phenoxy) is 1. The number of piperidine rings is 1. The molecule has 3 aromatic rings. The molecule has 1 aromatic heterocycles. The molecule has 2 aliphatic rings. The molecule has 1 amide bonds. The number of hydrogen-bond donors (Lipinski definition) is 1. The molecule has 8 nitrogen and oxygen atoms in total. The number of aromatic nitrogens is 1. The molecule has 0 unspecified atom stereocenters. The van der Waals surface area contributed by atoms with Crippen LogP contribution in [0, 0.1) is 5.41 Å². The third-order valence-corrected chi connectivity index (χ3v) is 10.5. The van der Waals surface area contributed by atoms with Crippen molar-refractivity contribution in [3.63, 3.8) is 0 Å². The third-order valence-electron chi connectivity index (χ3n) is 9.04. The summed E-state index contributed by atoms with van der Waals surface area (Å²) in [5.41, 5.74) is 3.61. The van der Waals surface area contributed by atoms with E-state index >= 15 is 0 Å². The molecule has 0 atom stereocenters. The van der Waals surface area contributed by atoms with Gasteiger partial charge in [0, 0.05) is 51.5 Å². The maximum absolute atomic E-state index is 13.2. The number of para-hydroxylation sites is 1. The Hall–Kier alpha value is -3.27. The van der Waals surface area contributed by atoms with Gasteiger partial charge in [-0.15, -0.1) is 0 Å². The average Bonchev–Trinajstić information content (AvgIpc) is 3.03. The SMILES string of the molecule is CNS(=O)(=O)c1ccc(CCC(=O)N2CCC3(CCCCc4ccccc4OCCN(Cc4cccnc4)C3)CC2)cc1. The molecule has 1 spiro atoms. The number of sulfonamides is 1. The molecule has 1 fully saturated rings. The summed E-state index contributed by atoms with van der Waals surface area (Å²) in [6.07, 6.45) is 11.2. The number of fused-ring (bicyclic) bond motifs is 1. The van der Waals surface area contributed by atoms with E-state index in [2.05, 4.69) is 44.9 Å². The molecule has 43 heavy (non-hydrogen) atoms. The smallest absolute Gasteiger partial charge is 0.240 e. The zero-order chi connectivity index (χ0) is 30.1. The largest absolute Gasteiger partial charge is 0.492 e. The van der Waals surface area contributed by atoms with Gasteiger partial charge in [-0.2, -0.15) is 0 Å². The highest BCUT2D eigenvalue weighted by atomic mass is 32.2. The Bertz CT molecular complexity index is 1440. The highest BCUT2D eigenvalue weighted by Gasteiger charge is 2.37. The summed E-state index contributed by atoms with van der Waals surface area (Å²) >= 11 is 0. The van der Waals surface area contributed by atoms with E-state index in [1.807, 2.05) is 23.4 Å². The molecule has 1 saturated heterocycles. The Balaban J connectivity index is 1.22. The van der Waals surface area contributed by atoms with Crippen molar-refractivity contribution in [2.24, 2.45) is 5.41 Å². The van der Waals surface area contributed by atoms with Gasteiger partial charge in [-0.3, -0.25) is 14.7 Å². The topological polar surface area (TPSA) is 91.8 Å². The number of aryl methyl sites for hydroxylation is 2. The van der Waals surface area contributed by atoms with Crippen LogP contribution in [0.2, 0.25) is 0 Å². The molecular weight excluding hydrogens is 560 g/mol. The number of carbonyl (C=O) groups is 1. The fourth-order valence-electron chi connectivity index (χ4n) is 6.47. The summed E-state index contributed by atoms with van der Waals surface area (Å²) in [6, 6.07) is 19.4. The summed E-state index contributed by atoms with van der Waals surface area (Å²) in [7, 11) is -2.06. The molecule has 230 valence electrons. The highest BCUT2D eigenvalue weighted by molar-refractivity contribution is 7.89. The quantitative estimate of drug-likeness (QED) is 0.415. The van der Waals surface area contributed by atoms with Gasteiger partial charge in [0.1, 0.15) is 12.4 Å². The average molecular weight is 605 g/mol. The van der Waals surface area contributed by atoms with Crippen LogP contribution >= 0.6 is 0 Å². The third kappa shape index (κ3) is 8.43. The van der Waals surface area contributed by atoms with Crippen molar-refractivity contribution in [2.75, 3.05) is 39.8 Å². The molecule has 0 aliphatic carbocycles. The van der Waals surface area contributed by atoms with E-state index in [4.69, 9.17) is 4.74 Å². The van der Waals surface area contributed by atoms with Gasteiger partial charge in [-0.05, 0) is 91.9 Å². The Labute approximate surface area is 256 Å². The Morgan fingerprint density at radius 1 is 0.953 bits per heavy atom. The van der Waals surface area contributed by atoms with Gasteiger partial charge in [0.05, 0.1) is 4.90 Å². The number of nitrogens with zero attached hydrogens (tertiary/aromatic N) is 3. The molecule has 5 rings (SSSR count). The lowest BCUT2D eigenvalue weighted by molar-refractivity contribution is -0.133. The van der Waals surface area contributed by atoms with Gasteiger partial charge in [0.15, 0.2) is 0 Å². The van der Waals surface area contributed by atoms with Crippen LogP contribution < -0.4 is 9.46 Å². The lowest BCUT2D eigenvalue weighted by Crippen LogP contribution is -2.48. The first-order valence-electron chi connectivity index (χ1n) is 15.5. The Morgan fingerprint density at radius 3 is 2.49 bits per heavy atom. The normalized spacial score (nSPS) is 18.2. The molecule has 9 heteroatoms. The number of pyridine rings is 1. The Morgan fingerprint density at radius 2 is 1.74 bits per heavy atom. The van der Waals surface area contributed by atoms with Gasteiger partial charge in [0.2, 0.25) is 15.9 Å². The fourth-order valence-corrected chi connectivity index (χ4v) is 7.20. The number of nitrogens with one attached hydrogen (secondary N) is 1. The predicted octanol–water partition coefficient (Wildman–Crippen LogP) is 4.84. The minimum atomic E-state index is -3.46. The number of benzene rings is 2. The van der Waals surface area contributed by atoms with Crippen molar-refractivity contribution in [3.05, 3.63) is 89.7 Å². The molecular formula is C34H44N4O4S. The van der Waals surface area contributed by atoms with E-state index in [0.717, 1.165) is 82.6 Å². The predicted molar refractivity (Wildman–Crippen MR) is 168 cm³/mol. The van der Waals surface area contributed by atoms with Crippen LogP contribution in [-0.2, 0) is 34.2 Å². The second kappa shape index (κ2) is 14.5. The van der Waals surface area contributed by atoms with Crippen LogP contribution in [0.3, 0.4) is 0 Å². The van der Waals surface area contributed by atoms with Crippen molar-refractivity contribution >= 4 is 15.9 Å². The van der Waals surface area contributed by atoms with Crippen LogP contribution in [-0.4, -0.2) is 68.9 Å². The highest BCUT2D eigenvalue weighted by Crippen LogP contribution is 2.39. The molecule has 3 heterocycles. The molecule has 0 bridgehead atoms. The molecule has 0 radical (unpaired) electrons. The summed E-state index contributed by atoms with van der Waals surface area (Å²) in [5.74, 6) is 1.18. The standard InChI is InChI=1S/C34H44N4O4S/c1-35-43(40,41)31-14-11-28(12-15-31)13-16-33(39)38-21-18-34(19-22-38)17-5-4-9-30-8-2-3-10-32(30)42-24-23-37(27-34)26-29-7-6-20-36-25-29/h2-3,6-8,10-12,14-15,20,25,35H,4-5,9,13,16-19,21-24,26-27H2,1H3. The number of amides is 1. The number of likely N-dealkylation sites (tertiary alicyclic amines) is 1. The number of carbonyl (C=O) groups excluding carboxylic acids is 1. The summed E-state index contributed by atoms with van der Waals surface area (Å²) in [6.45, 7) is 4.84. The second-order valence-electron chi connectivity index (χ2n) is 12.0. The zero-order valence-electron chi connectivity index (χ0n) is 25.2. The van der Waals surface area contributed by atoms with Gasteiger partial charge >= 0.3 is 0 Å². The Kier molecular flexibility index (Phi) is 10.5. The lowest BCUT2D eigenvalue weighted by Gasteiger charge is -2.45. The van der Waals surface area contributed by atoms with Crippen LogP contribution in [0.25, 0.3) is 0 Å². The number of rotatable bonds is 7. The van der Waals surface area contributed by atoms with Crippen molar-refractivity contribution in [2.45, 2.75) is 62.8 Å². The molecule has 1 N–H and O–H groups in total. The van der Waals surface area contributed by atoms with Crippen LogP contribution in [0.1, 0.15) is 55.2 Å². The zero-order valence-corrected chi connectivity index (χ0v) is 26.0. The van der Waals surface area contributed by atoms with Gasteiger partial charge in [-0.25, -0.2) is 13.1 Å². The second-order valence-corrected chi connectivity index (χ2v) is 13.9. The lowest BCUT2D eigenvalue weighted by atomic mass is 9.73. The van der Waals surface area contributed by atoms with Crippen molar-refractivity contribution < 1.29 is 17.9 Å². The van der Waals surface area contributed by atoms with E-state index < -0.39 is 10.0 Å². The summed E-state index contributed by atoms with van der Waals surface area (Å²) in [4.78, 5) is 22.4. The van der Waals surface area contributed by atoms with E-state index in [9.17, 15) is 13.2 Å². The van der Waals surface area contributed by atoms with Crippen LogP contribution in [0.4, 0.5) is 0 Å². The molecule has 2 aliphatic heterocycles. The van der Waals surface area contributed by atoms with Crippen molar-refractivity contribution in [1.29, 1.82) is 0 Å². The first-order valence-corrected chi connectivity index (χ1v) is 17.0. The minimum Gasteiger partial charge on any atom is -0.492 e. The molecule has 0 saturated carbocycles. The van der Waals surface area contributed by atoms with Crippen molar-refractivity contribution in [1.82, 2.24) is 19.5 Å². The van der Waals surface area contributed by atoms with E-state index in [1.54, 1.807) is 24.3 Å². The number of hydrogen-bond acceptors (Lipinski definition) is 6. The monoisotopic (exact) mass is 604 g/mol. The van der Waals surface area contributed by atoms with E-state index in [0.29, 0.717) is 19.4 Å². The van der Waals surface area contributed by atoms with Gasteiger partial charge in [0.25, 0.3) is 0 Å². The summed E-state index contributed by atoms with van der Waals surface area (Å²) < 4.78 is 32.6. The maximum atomic E-state index is 13.2. The first kappa shape index (κ1) is 31.2. The van der Waals surface area contributed by atoms with Crippen LogP contribution in [0.15, 0.2) is 78.0 Å². The fraction of sp³-hybridized carbons (Fsp3) is 0.471. The van der Waals surface area contributed by atoms with E-state index in [-0.39, 0.29) is 16.2 Å². The van der Waals surface area contributed by atoms with E-state index in [1.165, 1.54) is 18.2 Å². The van der Waals surface area contributed by atoms with Crippen molar-refractivity contribution in [3.8, 4) is 5.75 Å². The van der Waals surface area contributed by atoms with Gasteiger partial charge < -0.3 is 9.64 Å². The molecule has 2 aromatic carbocycles. The minimum absolute atomic E-state index is 0.159. The maximum Gasteiger partial charge on any atom is 0.240 e. The first-order chi connectivity index (χ1) is 20.9. The van der Waals surface area contributed by atoms with Crippen LogP contribution in [0.5, 0.6) is 5.75 Å². The van der Waals surface area contributed by atoms with Gasteiger partial charge in [-0.1, -0.05) is 42.8 Å². The summed E-state index contributed by atoms with van der Waals surface area (Å²) in [5, 5.41) is 0.